The standard InChI is InChI=1S/C22H21ClN4O3S/c23-17-5-8-18(9-6-17)30-14-21(28)26-10-11-31-22-25-24-20(27(22)26)13-29-19-7-4-15-2-1-3-16(15)12-19/h4-9,12H,1-3,10-11,13-14H2. The van der Waals surface area contributed by atoms with Crippen molar-refractivity contribution >= 4 is 29.3 Å². The van der Waals surface area contributed by atoms with Gasteiger partial charge >= 0.3 is 0 Å². The van der Waals surface area contributed by atoms with Crippen LogP contribution in [0.15, 0.2) is 47.6 Å². The molecule has 1 aliphatic carbocycles. The molecule has 2 heterocycles. The predicted octanol–water partition coefficient (Wildman–Crippen LogP) is 3.65. The zero-order valence-corrected chi connectivity index (χ0v) is 18.4. The highest BCUT2D eigenvalue weighted by Gasteiger charge is 2.28. The predicted molar refractivity (Wildman–Crippen MR) is 119 cm³/mol. The summed E-state index contributed by atoms with van der Waals surface area (Å²) in [6, 6.07) is 13.2. The molecule has 9 heteroatoms. The number of thioether (sulfide) groups is 1. The van der Waals surface area contributed by atoms with E-state index in [1.165, 1.54) is 17.5 Å². The lowest BCUT2D eigenvalue weighted by atomic mass is 10.1. The number of carbonyl (C=O) groups excluding carboxylic acids is 1. The molecule has 7 nitrogen and oxygen atoms in total. The molecular formula is C22H21ClN4O3S. The Balaban J connectivity index is 1.28. The Morgan fingerprint density at radius 3 is 2.71 bits per heavy atom. The van der Waals surface area contributed by atoms with Crippen LogP contribution in [0.2, 0.25) is 5.02 Å². The minimum atomic E-state index is -0.171. The van der Waals surface area contributed by atoms with E-state index in [1.54, 1.807) is 45.7 Å². The Hall–Kier alpha value is -2.71. The van der Waals surface area contributed by atoms with Crippen LogP contribution in [0.5, 0.6) is 11.5 Å². The number of aryl methyl sites for hydroxylation is 2. The maximum Gasteiger partial charge on any atom is 0.279 e. The lowest BCUT2D eigenvalue weighted by Crippen LogP contribution is -2.47. The molecule has 1 amide bonds. The zero-order chi connectivity index (χ0) is 21.2. The topological polar surface area (TPSA) is 69.5 Å². The number of ether oxygens (including phenoxy) is 2. The van der Waals surface area contributed by atoms with Gasteiger partial charge < -0.3 is 9.47 Å². The van der Waals surface area contributed by atoms with Gasteiger partial charge in [-0.1, -0.05) is 29.4 Å². The molecule has 0 N–H and O–H groups in total. The van der Waals surface area contributed by atoms with Crippen molar-refractivity contribution in [1.29, 1.82) is 0 Å². The SMILES string of the molecule is O=C(COc1ccc(Cl)cc1)N1CCSc2nnc(COc3ccc4c(c3)CCC4)n21. The number of rotatable bonds is 6. The van der Waals surface area contributed by atoms with Gasteiger partial charge in [-0.25, -0.2) is 9.69 Å². The van der Waals surface area contributed by atoms with Gasteiger partial charge in [0.25, 0.3) is 5.91 Å². The number of benzene rings is 2. The summed E-state index contributed by atoms with van der Waals surface area (Å²) < 4.78 is 13.4. The van der Waals surface area contributed by atoms with Gasteiger partial charge in [0.15, 0.2) is 12.4 Å². The van der Waals surface area contributed by atoms with Gasteiger partial charge in [0.05, 0.1) is 6.54 Å². The van der Waals surface area contributed by atoms with Crippen LogP contribution in [0, 0.1) is 0 Å². The van der Waals surface area contributed by atoms with Crippen molar-refractivity contribution in [2.24, 2.45) is 0 Å². The Morgan fingerprint density at radius 1 is 1.03 bits per heavy atom. The quantitative estimate of drug-likeness (QED) is 0.564. The van der Waals surface area contributed by atoms with E-state index < -0.39 is 0 Å². The van der Waals surface area contributed by atoms with Crippen LogP contribution in [-0.4, -0.2) is 39.7 Å². The zero-order valence-electron chi connectivity index (χ0n) is 16.8. The summed E-state index contributed by atoms with van der Waals surface area (Å²) in [5.74, 6) is 2.56. The first kappa shape index (κ1) is 20.2. The molecular weight excluding hydrogens is 436 g/mol. The average molecular weight is 457 g/mol. The Labute approximate surface area is 189 Å². The summed E-state index contributed by atoms with van der Waals surface area (Å²) >= 11 is 7.47. The molecule has 5 rings (SSSR count). The molecule has 31 heavy (non-hydrogen) atoms. The lowest BCUT2D eigenvalue weighted by Gasteiger charge is -2.29. The Bertz CT molecular complexity index is 1100. The van der Waals surface area contributed by atoms with Gasteiger partial charge in [-0.2, -0.15) is 0 Å². The first-order valence-electron chi connectivity index (χ1n) is 10.2. The molecule has 0 spiro atoms. The van der Waals surface area contributed by atoms with Crippen molar-refractivity contribution in [3.8, 4) is 11.5 Å². The molecule has 160 valence electrons. The molecule has 2 aromatic carbocycles. The summed E-state index contributed by atoms with van der Waals surface area (Å²) in [4.78, 5) is 12.9. The van der Waals surface area contributed by atoms with Crippen molar-refractivity contribution < 1.29 is 14.3 Å². The highest BCUT2D eigenvalue weighted by molar-refractivity contribution is 7.99. The molecule has 0 atom stereocenters. The number of hydrogen-bond donors (Lipinski definition) is 0. The van der Waals surface area contributed by atoms with E-state index in [0.717, 1.165) is 24.3 Å². The number of fused-ring (bicyclic) bond motifs is 2. The number of carbonyl (C=O) groups is 1. The first-order valence-corrected chi connectivity index (χ1v) is 11.5. The molecule has 0 radical (unpaired) electrons. The Kier molecular flexibility index (Phi) is 5.74. The van der Waals surface area contributed by atoms with Crippen LogP contribution in [0.3, 0.4) is 0 Å². The molecule has 0 saturated heterocycles. The Morgan fingerprint density at radius 2 is 1.84 bits per heavy atom. The van der Waals surface area contributed by atoms with Crippen LogP contribution >= 0.6 is 23.4 Å². The smallest absolute Gasteiger partial charge is 0.279 e. The summed E-state index contributed by atoms with van der Waals surface area (Å²) in [7, 11) is 0. The molecule has 1 aromatic heterocycles. The van der Waals surface area contributed by atoms with E-state index in [-0.39, 0.29) is 19.1 Å². The number of halogens is 1. The first-order chi connectivity index (χ1) is 15.2. The highest BCUT2D eigenvalue weighted by atomic mass is 35.5. The van der Waals surface area contributed by atoms with Crippen LogP contribution in [0.1, 0.15) is 23.4 Å². The second kappa shape index (κ2) is 8.80. The maximum absolute atomic E-state index is 12.9. The van der Waals surface area contributed by atoms with E-state index in [4.69, 9.17) is 21.1 Å². The fourth-order valence-electron chi connectivity index (χ4n) is 3.81. The summed E-state index contributed by atoms with van der Waals surface area (Å²) in [5.41, 5.74) is 2.76. The van der Waals surface area contributed by atoms with Gasteiger partial charge in [0, 0.05) is 10.8 Å². The van der Waals surface area contributed by atoms with Gasteiger partial charge in [0.1, 0.15) is 18.1 Å². The van der Waals surface area contributed by atoms with Gasteiger partial charge in [-0.3, -0.25) is 4.79 Å². The molecule has 0 saturated carbocycles. The van der Waals surface area contributed by atoms with Crippen molar-refractivity contribution in [1.82, 2.24) is 14.9 Å². The summed E-state index contributed by atoms with van der Waals surface area (Å²) in [5, 5.41) is 11.4. The van der Waals surface area contributed by atoms with E-state index in [9.17, 15) is 4.79 Å². The van der Waals surface area contributed by atoms with E-state index in [1.807, 2.05) is 6.07 Å². The minimum absolute atomic E-state index is 0.0883. The van der Waals surface area contributed by atoms with Gasteiger partial charge in [-0.05, 0) is 66.8 Å². The fraction of sp³-hybridized carbons (Fsp3) is 0.318. The lowest BCUT2D eigenvalue weighted by molar-refractivity contribution is -0.122. The monoisotopic (exact) mass is 456 g/mol. The van der Waals surface area contributed by atoms with E-state index >= 15 is 0 Å². The third-order valence-corrected chi connectivity index (χ3v) is 6.51. The van der Waals surface area contributed by atoms with Crippen LogP contribution < -0.4 is 14.5 Å². The molecule has 0 bridgehead atoms. The average Bonchev–Trinajstić information content (AvgIpc) is 3.43. The summed E-state index contributed by atoms with van der Waals surface area (Å²) in [6.45, 7) is 0.688. The van der Waals surface area contributed by atoms with Gasteiger partial charge in [0.2, 0.25) is 5.16 Å². The van der Waals surface area contributed by atoms with Gasteiger partial charge in [-0.15, -0.1) is 10.2 Å². The second-order valence-corrected chi connectivity index (χ2v) is 8.89. The molecule has 1 aliphatic heterocycles. The van der Waals surface area contributed by atoms with Crippen LogP contribution in [0.4, 0.5) is 0 Å². The molecule has 2 aliphatic rings. The number of aromatic nitrogens is 3. The molecule has 3 aromatic rings. The van der Waals surface area contributed by atoms with Crippen molar-refractivity contribution in [3.05, 3.63) is 64.4 Å². The second-order valence-electron chi connectivity index (χ2n) is 7.39. The minimum Gasteiger partial charge on any atom is -0.486 e. The van der Waals surface area contributed by atoms with E-state index in [2.05, 4.69) is 22.3 Å². The summed E-state index contributed by atoms with van der Waals surface area (Å²) in [6.07, 6.45) is 3.43. The number of nitrogens with zero attached hydrogens (tertiary/aromatic N) is 4. The van der Waals surface area contributed by atoms with Crippen molar-refractivity contribution in [2.75, 3.05) is 23.9 Å². The normalized spacial score (nSPS) is 14.8. The fourth-order valence-corrected chi connectivity index (χ4v) is 4.81. The van der Waals surface area contributed by atoms with Crippen molar-refractivity contribution in [2.45, 2.75) is 31.0 Å². The number of amides is 1. The van der Waals surface area contributed by atoms with E-state index in [0.29, 0.717) is 28.3 Å². The number of hydrogen-bond acceptors (Lipinski definition) is 6. The largest absolute Gasteiger partial charge is 0.486 e. The maximum atomic E-state index is 12.9. The van der Waals surface area contributed by atoms with Crippen LogP contribution in [-0.2, 0) is 24.2 Å². The molecule has 0 fully saturated rings. The third-order valence-electron chi connectivity index (χ3n) is 5.35. The van der Waals surface area contributed by atoms with Crippen LogP contribution in [0.25, 0.3) is 0 Å². The highest BCUT2D eigenvalue weighted by Crippen LogP contribution is 2.27. The van der Waals surface area contributed by atoms with Crippen molar-refractivity contribution in [3.63, 3.8) is 0 Å². The molecule has 0 unspecified atom stereocenters. The third kappa shape index (κ3) is 4.36.